The summed E-state index contributed by atoms with van der Waals surface area (Å²) in [5.74, 6) is 0. The molecule has 132 valence electrons. The SMILES string of the molecule is CN(CN)c1cc2[nH]c(=O)c(=O)n(C)c2cc1NCCC(C)(C)O. The van der Waals surface area contributed by atoms with Crippen LogP contribution in [0.25, 0.3) is 11.0 Å². The number of rotatable bonds is 6. The standard InChI is InChI=1S/C16H25N5O3/c1-16(2,24)5-6-18-10-7-13-11(8-12(10)20(3)9-17)19-14(22)15(23)21(13)4/h7-8,18,24H,5-6,9,17H2,1-4H3,(H,19,22). The van der Waals surface area contributed by atoms with Gasteiger partial charge in [0.2, 0.25) is 0 Å². The maximum Gasteiger partial charge on any atom is 0.316 e. The third-order valence-corrected chi connectivity index (χ3v) is 3.96. The summed E-state index contributed by atoms with van der Waals surface area (Å²) in [4.78, 5) is 28.0. The molecule has 0 spiro atoms. The molecule has 0 saturated heterocycles. The molecule has 1 heterocycles. The van der Waals surface area contributed by atoms with E-state index in [9.17, 15) is 14.7 Å². The molecular weight excluding hydrogens is 310 g/mol. The molecule has 8 heteroatoms. The van der Waals surface area contributed by atoms with E-state index >= 15 is 0 Å². The monoisotopic (exact) mass is 335 g/mol. The molecule has 8 nitrogen and oxygen atoms in total. The van der Waals surface area contributed by atoms with Crippen molar-refractivity contribution in [3.05, 3.63) is 32.8 Å². The molecule has 0 saturated carbocycles. The lowest BCUT2D eigenvalue weighted by Gasteiger charge is -2.24. The molecule has 1 aromatic heterocycles. The Labute approximate surface area is 139 Å². The number of aromatic amines is 1. The predicted octanol–water partition coefficient (Wildman–Crippen LogP) is 0.152. The van der Waals surface area contributed by atoms with E-state index in [1.807, 2.05) is 11.9 Å². The van der Waals surface area contributed by atoms with Crippen LogP contribution in [0.4, 0.5) is 11.4 Å². The zero-order valence-corrected chi connectivity index (χ0v) is 14.5. The van der Waals surface area contributed by atoms with E-state index in [4.69, 9.17) is 5.73 Å². The fourth-order valence-corrected chi connectivity index (χ4v) is 2.45. The van der Waals surface area contributed by atoms with E-state index < -0.39 is 16.7 Å². The first-order valence-corrected chi connectivity index (χ1v) is 7.78. The number of benzene rings is 1. The quantitative estimate of drug-likeness (QED) is 0.441. The Hall–Kier alpha value is -2.32. The maximum atomic E-state index is 11.8. The average molecular weight is 335 g/mol. The van der Waals surface area contributed by atoms with Gasteiger partial charge in [-0.2, -0.15) is 0 Å². The van der Waals surface area contributed by atoms with E-state index in [1.165, 1.54) is 4.57 Å². The van der Waals surface area contributed by atoms with Crippen LogP contribution in [0.2, 0.25) is 0 Å². The van der Waals surface area contributed by atoms with Gasteiger partial charge in [0.05, 0.1) is 34.7 Å². The highest BCUT2D eigenvalue weighted by Crippen LogP contribution is 2.29. The smallest absolute Gasteiger partial charge is 0.316 e. The third-order valence-electron chi connectivity index (χ3n) is 3.96. The summed E-state index contributed by atoms with van der Waals surface area (Å²) in [6, 6.07) is 3.59. The van der Waals surface area contributed by atoms with Crippen LogP contribution in [-0.4, -0.2) is 40.5 Å². The van der Waals surface area contributed by atoms with Crippen LogP contribution >= 0.6 is 0 Å². The second kappa shape index (κ2) is 6.66. The molecule has 0 aliphatic heterocycles. The van der Waals surface area contributed by atoms with Crippen molar-refractivity contribution in [3.63, 3.8) is 0 Å². The molecule has 1 aromatic carbocycles. The second-order valence-corrected chi connectivity index (χ2v) is 6.57. The van der Waals surface area contributed by atoms with Crippen molar-refractivity contribution in [2.45, 2.75) is 25.9 Å². The van der Waals surface area contributed by atoms with Gasteiger partial charge in [-0.1, -0.05) is 0 Å². The summed E-state index contributed by atoms with van der Waals surface area (Å²) >= 11 is 0. The van der Waals surface area contributed by atoms with Crippen LogP contribution in [0.5, 0.6) is 0 Å². The zero-order chi connectivity index (χ0) is 18.1. The van der Waals surface area contributed by atoms with Crippen molar-refractivity contribution >= 4 is 22.4 Å². The molecule has 5 N–H and O–H groups in total. The number of nitrogens with one attached hydrogen (secondary N) is 2. The first-order valence-electron chi connectivity index (χ1n) is 7.78. The van der Waals surface area contributed by atoms with Crippen LogP contribution < -0.4 is 27.1 Å². The summed E-state index contributed by atoms with van der Waals surface area (Å²) in [5, 5.41) is 13.1. The van der Waals surface area contributed by atoms with Crippen LogP contribution in [0, 0.1) is 0 Å². The molecular formula is C16H25N5O3. The summed E-state index contributed by atoms with van der Waals surface area (Å²) < 4.78 is 1.32. The van der Waals surface area contributed by atoms with Crippen molar-refractivity contribution in [1.82, 2.24) is 9.55 Å². The molecule has 0 atom stereocenters. The van der Waals surface area contributed by atoms with Crippen molar-refractivity contribution in [2.24, 2.45) is 12.8 Å². The number of aromatic nitrogens is 2. The zero-order valence-electron chi connectivity index (χ0n) is 14.5. The molecule has 2 rings (SSSR count). The molecule has 0 unspecified atom stereocenters. The minimum absolute atomic E-state index is 0.293. The normalized spacial score (nSPS) is 11.8. The predicted molar refractivity (Wildman–Crippen MR) is 96.7 cm³/mol. The Bertz CT molecular complexity index is 848. The van der Waals surface area contributed by atoms with E-state index in [1.54, 1.807) is 33.0 Å². The Morgan fingerprint density at radius 3 is 2.62 bits per heavy atom. The third kappa shape index (κ3) is 3.77. The molecule has 0 aliphatic rings. The van der Waals surface area contributed by atoms with Gasteiger partial charge in [0.25, 0.3) is 0 Å². The number of hydrogen-bond donors (Lipinski definition) is 4. The van der Waals surface area contributed by atoms with Gasteiger partial charge in [0, 0.05) is 20.6 Å². The molecule has 0 fully saturated rings. The Kier molecular flexibility index (Phi) is 5.00. The van der Waals surface area contributed by atoms with Gasteiger partial charge in [0.1, 0.15) is 0 Å². The maximum absolute atomic E-state index is 11.8. The average Bonchev–Trinajstić information content (AvgIpc) is 2.51. The lowest BCUT2D eigenvalue weighted by molar-refractivity contribution is 0.0749. The van der Waals surface area contributed by atoms with E-state index in [2.05, 4.69) is 10.3 Å². The van der Waals surface area contributed by atoms with Crippen LogP contribution in [-0.2, 0) is 7.05 Å². The Morgan fingerprint density at radius 1 is 1.38 bits per heavy atom. The topological polar surface area (TPSA) is 116 Å². The Balaban J connectivity index is 2.54. The molecule has 0 bridgehead atoms. The lowest BCUT2D eigenvalue weighted by atomic mass is 10.1. The van der Waals surface area contributed by atoms with Gasteiger partial charge < -0.3 is 30.6 Å². The highest BCUT2D eigenvalue weighted by Gasteiger charge is 2.15. The number of aliphatic hydroxyl groups is 1. The first kappa shape index (κ1) is 18.0. The first-order chi connectivity index (χ1) is 11.1. The number of H-pyrrole nitrogens is 1. The van der Waals surface area contributed by atoms with Gasteiger partial charge in [0.15, 0.2) is 0 Å². The minimum Gasteiger partial charge on any atom is -0.390 e. The van der Waals surface area contributed by atoms with E-state index in [-0.39, 0.29) is 0 Å². The van der Waals surface area contributed by atoms with Crippen LogP contribution in [0.1, 0.15) is 20.3 Å². The number of nitrogens with two attached hydrogens (primary N) is 1. The van der Waals surface area contributed by atoms with Gasteiger partial charge >= 0.3 is 11.1 Å². The van der Waals surface area contributed by atoms with Crippen molar-refractivity contribution < 1.29 is 5.11 Å². The summed E-state index contributed by atoms with van der Waals surface area (Å²) in [6.45, 7) is 4.34. The summed E-state index contributed by atoms with van der Waals surface area (Å²) in [7, 11) is 3.40. The van der Waals surface area contributed by atoms with Gasteiger partial charge in [-0.3, -0.25) is 9.59 Å². The summed E-state index contributed by atoms with van der Waals surface area (Å²) in [6.07, 6.45) is 0.557. The Morgan fingerprint density at radius 2 is 2.04 bits per heavy atom. The van der Waals surface area contributed by atoms with Crippen LogP contribution in [0.15, 0.2) is 21.7 Å². The molecule has 0 amide bonds. The highest BCUT2D eigenvalue weighted by atomic mass is 16.3. The van der Waals surface area contributed by atoms with E-state index in [0.29, 0.717) is 30.7 Å². The van der Waals surface area contributed by atoms with Gasteiger partial charge in [-0.05, 0) is 32.4 Å². The van der Waals surface area contributed by atoms with Crippen molar-refractivity contribution in [1.29, 1.82) is 0 Å². The lowest BCUT2D eigenvalue weighted by Crippen LogP contribution is -2.35. The number of hydrogen-bond acceptors (Lipinski definition) is 6. The fourth-order valence-electron chi connectivity index (χ4n) is 2.45. The highest BCUT2D eigenvalue weighted by molar-refractivity contribution is 5.87. The van der Waals surface area contributed by atoms with Crippen LogP contribution in [0.3, 0.4) is 0 Å². The van der Waals surface area contributed by atoms with Gasteiger partial charge in [-0.25, -0.2) is 0 Å². The largest absolute Gasteiger partial charge is 0.390 e. The number of fused-ring (bicyclic) bond motifs is 1. The van der Waals surface area contributed by atoms with Crippen molar-refractivity contribution in [3.8, 4) is 0 Å². The van der Waals surface area contributed by atoms with E-state index in [0.717, 1.165) is 11.4 Å². The fraction of sp³-hybridized carbons (Fsp3) is 0.500. The molecule has 0 radical (unpaired) electrons. The molecule has 0 aliphatic carbocycles. The molecule has 2 aromatic rings. The second-order valence-electron chi connectivity index (χ2n) is 6.57. The number of aryl methyl sites for hydroxylation is 1. The summed E-state index contributed by atoms with van der Waals surface area (Å²) in [5.41, 5.74) is 6.44. The number of anilines is 2. The molecule has 24 heavy (non-hydrogen) atoms. The number of nitrogens with zero attached hydrogens (tertiary/aromatic N) is 2. The van der Waals surface area contributed by atoms with Crippen molar-refractivity contribution in [2.75, 3.05) is 30.5 Å². The minimum atomic E-state index is -0.776. The van der Waals surface area contributed by atoms with Gasteiger partial charge in [-0.15, -0.1) is 0 Å².